The molecule has 7 nitrogen and oxygen atoms in total. The van der Waals surface area contributed by atoms with Crippen LogP contribution in [0.3, 0.4) is 0 Å². The molecular formula is C28H26N4O3S. The van der Waals surface area contributed by atoms with Crippen LogP contribution < -0.4 is 14.8 Å². The van der Waals surface area contributed by atoms with Gasteiger partial charge in [-0.1, -0.05) is 78.0 Å². The maximum Gasteiger partial charge on any atom is 0.242 e. The normalized spacial score (nSPS) is 15.2. The average Bonchev–Trinajstić information content (AvgIpc) is 3.31. The van der Waals surface area contributed by atoms with Crippen molar-refractivity contribution in [2.45, 2.75) is 30.0 Å². The third-order valence-electron chi connectivity index (χ3n) is 5.74. The molecule has 0 saturated carbocycles. The molecule has 2 heterocycles. The number of aromatic nitrogens is 3. The van der Waals surface area contributed by atoms with Crippen molar-refractivity contribution in [3.8, 4) is 11.5 Å². The molecule has 36 heavy (non-hydrogen) atoms. The number of carbonyl (C=O) groups is 1. The molecule has 3 aromatic carbocycles. The molecule has 8 heteroatoms. The number of para-hydroxylation sites is 2. The molecule has 1 N–H and O–H groups in total. The average molecular weight is 499 g/mol. The van der Waals surface area contributed by atoms with E-state index in [1.807, 2.05) is 90.4 Å². The highest BCUT2D eigenvalue weighted by atomic mass is 32.2. The van der Waals surface area contributed by atoms with E-state index in [4.69, 9.17) is 9.47 Å². The zero-order valence-electron chi connectivity index (χ0n) is 19.8. The standard InChI is InChI=1S/C28H26N4O3S/c1-3-17-32-26(24-18-34-22-11-7-8-12-23(22)35-24)30-31-28(32)36-25(20-9-5-4-6-10-20)27(33)29-21-15-13-19(2)14-16-21/h3-16,24-25H,1,17-18H2,2H3,(H,29,33)/t24-,25-/m0/s1. The van der Waals surface area contributed by atoms with Crippen molar-refractivity contribution >= 4 is 23.4 Å². The summed E-state index contributed by atoms with van der Waals surface area (Å²) in [5.74, 6) is 1.85. The number of nitrogens with one attached hydrogen (secondary N) is 1. The number of hydrogen-bond acceptors (Lipinski definition) is 6. The first-order valence-electron chi connectivity index (χ1n) is 11.6. The summed E-state index contributed by atoms with van der Waals surface area (Å²) in [5, 5.41) is 12.0. The van der Waals surface area contributed by atoms with Gasteiger partial charge in [0.2, 0.25) is 5.91 Å². The molecule has 1 amide bonds. The molecule has 0 aliphatic carbocycles. The van der Waals surface area contributed by atoms with E-state index in [2.05, 4.69) is 22.1 Å². The van der Waals surface area contributed by atoms with Gasteiger partial charge < -0.3 is 14.8 Å². The van der Waals surface area contributed by atoms with Crippen molar-refractivity contribution < 1.29 is 14.3 Å². The van der Waals surface area contributed by atoms with Crippen molar-refractivity contribution in [2.75, 3.05) is 11.9 Å². The zero-order chi connectivity index (χ0) is 24.9. The topological polar surface area (TPSA) is 78.3 Å². The first kappa shape index (κ1) is 23.7. The number of benzene rings is 3. The quantitative estimate of drug-likeness (QED) is 0.246. The fraction of sp³-hybridized carbons (Fsp3) is 0.179. The van der Waals surface area contributed by atoms with Crippen LogP contribution in [0.15, 0.2) is 96.7 Å². The van der Waals surface area contributed by atoms with Gasteiger partial charge >= 0.3 is 0 Å². The van der Waals surface area contributed by atoms with Gasteiger partial charge in [0.1, 0.15) is 11.9 Å². The van der Waals surface area contributed by atoms with Gasteiger partial charge in [-0.05, 0) is 36.8 Å². The van der Waals surface area contributed by atoms with E-state index in [0.717, 1.165) is 16.8 Å². The summed E-state index contributed by atoms with van der Waals surface area (Å²) in [6.45, 7) is 6.69. The molecular weight excluding hydrogens is 472 g/mol. The van der Waals surface area contributed by atoms with Crippen LogP contribution in [-0.2, 0) is 11.3 Å². The molecule has 5 rings (SSSR count). The predicted octanol–water partition coefficient (Wildman–Crippen LogP) is 5.76. The number of rotatable bonds is 8. The Morgan fingerprint density at radius 3 is 2.56 bits per heavy atom. The molecule has 0 unspecified atom stereocenters. The number of thioether (sulfide) groups is 1. The van der Waals surface area contributed by atoms with Gasteiger partial charge in [-0.3, -0.25) is 9.36 Å². The van der Waals surface area contributed by atoms with Crippen molar-refractivity contribution in [3.63, 3.8) is 0 Å². The minimum atomic E-state index is -0.544. The van der Waals surface area contributed by atoms with E-state index in [-0.39, 0.29) is 5.91 Å². The van der Waals surface area contributed by atoms with Crippen LogP contribution in [0.5, 0.6) is 11.5 Å². The fourth-order valence-corrected chi connectivity index (χ4v) is 4.98. The monoisotopic (exact) mass is 498 g/mol. The summed E-state index contributed by atoms with van der Waals surface area (Å²) in [4.78, 5) is 13.5. The third-order valence-corrected chi connectivity index (χ3v) is 6.97. The molecule has 1 aliphatic heterocycles. The maximum absolute atomic E-state index is 13.5. The Morgan fingerprint density at radius 1 is 1.08 bits per heavy atom. The number of nitrogens with zero attached hydrogens (tertiary/aromatic N) is 3. The first-order chi connectivity index (χ1) is 17.6. The summed E-state index contributed by atoms with van der Waals surface area (Å²) in [7, 11) is 0. The summed E-state index contributed by atoms with van der Waals surface area (Å²) >= 11 is 1.34. The van der Waals surface area contributed by atoms with E-state index in [0.29, 0.717) is 35.6 Å². The smallest absolute Gasteiger partial charge is 0.242 e. The van der Waals surface area contributed by atoms with E-state index < -0.39 is 11.4 Å². The highest BCUT2D eigenvalue weighted by Crippen LogP contribution is 2.39. The van der Waals surface area contributed by atoms with Gasteiger partial charge in [0.05, 0.1) is 0 Å². The molecule has 0 radical (unpaired) electrons. The number of aryl methyl sites for hydroxylation is 1. The van der Waals surface area contributed by atoms with Crippen LogP contribution in [-0.4, -0.2) is 27.3 Å². The predicted molar refractivity (Wildman–Crippen MR) is 140 cm³/mol. The molecule has 0 spiro atoms. The largest absolute Gasteiger partial charge is 0.485 e. The van der Waals surface area contributed by atoms with Crippen molar-refractivity contribution in [1.29, 1.82) is 0 Å². The Kier molecular flexibility index (Phi) is 7.04. The van der Waals surface area contributed by atoms with E-state index in [9.17, 15) is 4.79 Å². The van der Waals surface area contributed by atoms with Crippen LogP contribution in [0.25, 0.3) is 0 Å². The minimum Gasteiger partial charge on any atom is -0.485 e. The lowest BCUT2D eigenvalue weighted by Gasteiger charge is -2.26. The highest BCUT2D eigenvalue weighted by Gasteiger charge is 2.31. The van der Waals surface area contributed by atoms with E-state index in [1.54, 1.807) is 6.08 Å². The summed E-state index contributed by atoms with van der Waals surface area (Å²) < 4.78 is 14.0. The number of anilines is 1. The SMILES string of the molecule is C=CCn1c(S[C@H](C(=O)Nc2ccc(C)cc2)c2ccccc2)nnc1[C@@H]1COc2ccccc2O1. The Hall–Kier alpha value is -4.04. The molecule has 1 aromatic heterocycles. The lowest BCUT2D eigenvalue weighted by Crippen LogP contribution is -2.25. The van der Waals surface area contributed by atoms with Crippen molar-refractivity contribution in [3.05, 3.63) is 108 Å². The van der Waals surface area contributed by atoms with Gasteiger partial charge in [0.15, 0.2) is 28.6 Å². The van der Waals surface area contributed by atoms with Gasteiger partial charge in [0, 0.05) is 12.2 Å². The zero-order valence-corrected chi connectivity index (χ0v) is 20.7. The number of ether oxygens (including phenoxy) is 2. The van der Waals surface area contributed by atoms with E-state index >= 15 is 0 Å². The van der Waals surface area contributed by atoms with Gasteiger partial charge in [-0.25, -0.2) is 0 Å². The van der Waals surface area contributed by atoms with Crippen molar-refractivity contribution in [1.82, 2.24) is 14.8 Å². The first-order valence-corrected chi connectivity index (χ1v) is 12.5. The van der Waals surface area contributed by atoms with Crippen LogP contribution in [0.2, 0.25) is 0 Å². The molecule has 182 valence electrons. The lowest BCUT2D eigenvalue weighted by molar-refractivity contribution is -0.115. The number of hydrogen-bond donors (Lipinski definition) is 1. The van der Waals surface area contributed by atoms with Gasteiger partial charge in [0.25, 0.3) is 0 Å². The maximum atomic E-state index is 13.5. The molecule has 4 aromatic rings. The Balaban J connectivity index is 1.43. The van der Waals surface area contributed by atoms with Gasteiger partial charge in [-0.15, -0.1) is 16.8 Å². The lowest BCUT2D eigenvalue weighted by atomic mass is 10.1. The second kappa shape index (κ2) is 10.7. The summed E-state index contributed by atoms with van der Waals surface area (Å²) in [6.07, 6.45) is 1.34. The second-order valence-electron chi connectivity index (χ2n) is 8.37. The van der Waals surface area contributed by atoms with Gasteiger partial charge in [-0.2, -0.15) is 0 Å². The van der Waals surface area contributed by atoms with Crippen LogP contribution in [0.1, 0.15) is 28.3 Å². The number of allylic oxidation sites excluding steroid dienone is 1. The second-order valence-corrected chi connectivity index (χ2v) is 9.44. The third kappa shape index (κ3) is 5.13. The summed E-state index contributed by atoms with van der Waals surface area (Å²) in [6, 6.07) is 24.9. The molecule has 0 bridgehead atoms. The highest BCUT2D eigenvalue weighted by molar-refractivity contribution is 8.00. The van der Waals surface area contributed by atoms with Crippen LogP contribution in [0.4, 0.5) is 5.69 Å². The molecule has 0 fully saturated rings. The van der Waals surface area contributed by atoms with Crippen LogP contribution in [0, 0.1) is 6.92 Å². The minimum absolute atomic E-state index is 0.143. The summed E-state index contributed by atoms with van der Waals surface area (Å²) in [5.41, 5.74) is 2.74. The van der Waals surface area contributed by atoms with E-state index in [1.165, 1.54) is 11.8 Å². The van der Waals surface area contributed by atoms with Crippen LogP contribution >= 0.6 is 11.8 Å². The number of fused-ring (bicyclic) bond motifs is 1. The van der Waals surface area contributed by atoms with Crippen molar-refractivity contribution in [2.24, 2.45) is 0 Å². The fourth-order valence-electron chi connectivity index (χ4n) is 3.92. The number of carbonyl (C=O) groups excluding carboxylic acids is 1. The Morgan fingerprint density at radius 2 is 1.81 bits per heavy atom. The molecule has 0 saturated heterocycles. The Bertz CT molecular complexity index is 1350. The molecule has 1 aliphatic rings. The Labute approximate surface area is 214 Å². The number of amides is 1. The molecule has 2 atom stereocenters.